The van der Waals surface area contributed by atoms with Crippen molar-refractivity contribution in [3.05, 3.63) is 0 Å². The van der Waals surface area contributed by atoms with Crippen LogP contribution in [0, 0.1) is 11.8 Å². The van der Waals surface area contributed by atoms with Gasteiger partial charge in [0.2, 0.25) is 0 Å². The molecule has 2 nitrogen and oxygen atoms in total. The Morgan fingerprint density at radius 3 is 2.77 bits per heavy atom. The number of hydrogen-bond acceptors (Lipinski definition) is 2. The lowest BCUT2D eigenvalue weighted by atomic mass is 10.0. The molecule has 1 saturated heterocycles. The third-order valence-electron chi connectivity index (χ3n) is 2.84. The molecule has 0 radical (unpaired) electrons. The van der Waals surface area contributed by atoms with Crippen molar-refractivity contribution >= 4 is 0 Å². The molecule has 0 aromatic rings. The van der Waals surface area contributed by atoms with E-state index in [4.69, 9.17) is 4.74 Å². The lowest BCUT2D eigenvalue weighted by Gasteiger charge is -2.15. The topological polar surface area (TPSA) is 21.3 Å². The molecule has 1 aliphatic rings. The molecule has 78 valence electrons. The van der Waals surface area contributed by atoms with E-state index in [2.05, 4.69) is 26.1 Å². The molecule has 1 aliphatic heterocycles. The lowest BCUT2D eigenvalue weighted by molar-refractivity contribution is 0.105. The first kappa shape index (κ1) is 11.0. The summed E-state index contributed by atoms with van der Waals surface area (Å²) in [4.78, 5) is 0. The maximum atomic E-state index is 5.50. The molecule has 0 bridgehead atoms. The summed E-state index contributed by atoms with van der Waals surface area (Å²) in [6, 6.07) is 0. The summed E-state index contributed by atoms with van der Waals surface area (Å²) in [5, 5.41) is 3.51. The summed E-state index contributed by atoms with van der Waals surface area (Å²) in [6.45, 7) is 9.96. The predicted octanol–water partition coefficient (Wildman–Crippen LogP) is 2.05. The number of ether oxygens (including phenoxy) is 1. The molecule has 1 heterocycles. The molecule has 13 heavy (non-hydrogen) atoms. The van der Waals surface area contributed by atoms with Crippen molar-refractivity contribution in [1.82, 2.24) is 5.32 Å². The van der Waals surface area contributed by atoms with Crippen LogP contribution in [0.1, 0.15) is 33.6 Å². The van der Waals surface area contributed by atoms with Gasteiger partial charge in [0.1, 0.15) is 0 Å². The number of hydrogen-bond donors (Lipinski definition) is 1. The molecule has 2 heteroatoms. The fourth-order valence-corrected chi connectivity index (χ4v) is 1.72. The molecule has 2 unspecified atom stereocenters. The highest BCUT2D eigenvalue weighted by Gasteiger charge is 2.23. The van der Waals surface area contributed by atoms with Crippen LogP contribution in [0.4, 0.5) is 0 Å². The predicted molar refractivity (Wildman–Crippen MR) is 55.8 cm³/mol. The molecule has 2 atom stereocenters. The minimum absolute atomic E-state index is 0.464. The highest BCUT2D eigenvalue weighted by molar-refractivity contribution is 4.74. The van der Waals surface area contributed by atoms with Crippen molar-refractivity contribution in [2.45, 2.75) is 39.7 Å². The van der Waals surface area contributed by atoms with E-state index in [1.54, 1.807) is 0 Å². The second-order valence-electron chi connectivity index (χ2n) is 4.51. The molecular formula is C11H23NO. The van der Waals surface area contributed by atoms with Crippen LogP contribution in [-0.2, 0) is 4.74 Å². The molecule has 1 N–H and O–H groups in total. The Morgan fingerprint density at radius 2 is 2.23 bits per heavy atom. The van der Waals surface area contributed by atoms with Gasteiger partial charge in [0, 0.05) is 13.2 Å². The van der Waals surface area contributed by atoms with Gasteiger partial charge in [-0.2, -0.15) is 0 Å². The smallest absolute Gasteiger partial charge is 0.0588 e. The van der Waals surface area contributed by atoms with Crippen LogP contribution in [0.25, 0.3) is 0 Å². The van der Waals surface area contributed by atoms with Gasteiger partial charge in [-0.25, -0.2) is 0 Å². The van der Waals surface area contributed by atoms with Gasteiger partial charge in [-0.15, -0.1) is 0 Å². The molecule has 0 spiro atoms. The third kappa shape index (κ3) is 4.10. The van der Waals surface area contributed by atoms with Crippen molar-refractivity contribution in [2.75, 3.05) is 19.7 Å². The van der Waals surface area contributed by atoms with Crippen LogP contribution in [0.15, 0.2) is 0 Å². The third-order valence-corrected chi connectivity index (χ3v) is 2.84. The summed E-state index contributed by atoms with van der Waals surface area (Å²) in [5.74, 6) is 1.55. The molecule has 1 rings (SSSR count). The van der Waals surface area contributed by atoms with E-state index in [-0.39, 0.29) is 0 Å². The van der Waals surface area contributed by atoms with E-state index in [1.807, 2.05) is 0 Å². The van der Waals surface area contributed by atoms with Crippen LogP contribution in [0.5, 0.6) is 0 Å². The molecule has 1 fully saturated rings. The quantitative estimate of drug-likeness (QED) is 0.662. The monoisotopic (exact) mass is 185 g/mol. The highest BCUT2D eigenvalue weighted by atomic mass is 16.5. The fraction of sp³-hybridized carbons (Fsp3) is 1.00. The maximum absolute atomic E-state index is 5.50. The largest absolute Gasteiger partial charge is 0.378 e. The van der Waals surface area contributed by atoms with E-state index in [0.717, 1.165) is 31.5 Å². The zero-order valence-corrected chi connectivity index (χ0v) is 9.18. The summed E-state index contributed by atoms with van der Waals surface area (Å²) < 4.78 is 5.50. The number of rotatable bonds is 5. The Bertz CT molecular complexity index is 136. The van der Waals surface area contributed by atoms with E-state index in [1.165, 1.54) is 12.8 Å². The molecule has 0 saturated carbocycles. The Morgan fingerprint density at radius 1 is 1.46 bits per heavy atom. The summed E-state index contributed by atoms with van der Waals surface area (Å²) in [5.41, 5.74) is 0. The standard InChI is InChI=1S/C11H23NO/c1-9(2)4-6-12-8-11-5-7-13-10(11)3/h9-12H,4-8H2,1-3H3. The van der Waals surface area contributed by atoms with Crippen LogP contribution < -0.4 is 5.32 Å². The van der Waals surface area contributed by atoms with Crippen LogP contribution in [-0.4, -0.2) is 25.8 Å². The Labute approximate surface area is 82.0 Å². The zero-order valence-electron chi connectivity index (χ0n) is 9.18. The molecular weight excluding hydrogens is 162 g/mol. The maximum Gasteiger partial charge on any atom is 0.0588 e. The van der Waals surface area contributed by atoms with Gasteiger partial charge in [0.05, 0.1) is 6.10 Å². The van der Waals surface area contributed by atoms with E-state index in [9.17, 15) is 0 Å². The Balaban J connectivity index is 1.99. The highest BCUT2D eigenvalue weighted by Crippen LogP contribution is 2.19. The normalized spacial score (nSPS) is 28.6. The summed E-state index contributed by atoms with van der Waals surface area (Å²) in [7, 11) is 0. The van der Waals surface area contributed by atoms with Crippen molar-refractivity contribution in [3.8, 4) is 0 Å². The first-order chi connectivity index (χ1) is 6.20. The average molecular weight is 185 g/mol. The molecule has 0 amide bonds. The number of nitrogens with one attached hydrogen (secondary N) is 1. The Kier molecular flexibility index (Phi) is 4.74. The van der Waals surface area contributed by atoms with Gasteiger partial charge in [0.15, 0.2) is 0 Å². The van der Waals surface area contributed by atoms with Gasteiger partial charge in [-0.1, -0.05) is 13.8 Å². The molecule has 0 aliphatic carbocycles. The van der Waals surface area contributed by atoms with Crippen molar-refractivity contribution in [3.63, 3.8) is 0 Å². The second kappa shape index (κ2) is 5.61. The van der Waals surface area contributed by atoms with Crippen LogP contribution in [0.2, 0.25) is 0 Å². The van der Waals surface area contributed by atoms with Crippen molar-refractivity contribution < 1.29 is 4.74 Å². The van der Waals surface area contributed by atoms with Crippen LogP contribution >= 0.6 is 0 Å². The Hall–Kier alpha value is -0.0800. The fourth-order valence-electron chi connectivity index (χ4n) is 1.72. The molecule has 0 aromatic heterocycles. The van der Waals surface area contributed by atoms with Gasteiger partial charge in [0.25, 0.3) is 0 Å². The zero-order chi connectivity index (χ0) is 9.68. The molecule has 0 aromatic carbocycles. The van der Waals surface area contributed by atoms with Crippen molar-refractivity contribution in [1.29, 1.82) is 0 Å². The lowest BCUT2D eigenvalue weighted by Crippen LogP contribution is -2.28. The minimum atomic E-state index is 0.464. The van der Waals surface area contributed by atoms with E-state index < -0.39 is 0 Å². The summed E-state index contributed by atoms with van der Waals surface area (Å²) >= 11 is 0. The first-order valence-electron chi connectivity index (χ1n) is 5.52. The SMILES string of the molecule is CC(C)CCNCC1CCOC1C. The minimum Gasteiger partial charge on any atom is -0.378 e. The first-order valence-corrected chi connectivity index (χ1v) is 5.52. The average Bonchev–Trinajstić information content (AvgIpc) is 2.45. The van der Waals surface area contributed by atoms with Gasteiger partial charge < -0.3 is 10.1 Å². The van der Waals surface area contributed by atoms with Crippen molar-refractivity contribution in [2.24, 2.45) is 11.8 Å². The van der Waals surface area contributed by atoms with Crippen LogP contribution in [0.3, 0.4) is 0 Å². The van der Waals surface area contributed by atoms with E-state index in [0.29, 0.717) is 6.10 Å². The second-order valence-corrected chi connectivity index (χ2v) is 4.51. The summed E-state index contributed by atoms with van der Waals surface area (Å²) in [6.07, 6.45) is 2.98. The van der Waals surface area contributed by atoms with Gasteiger partial charge in [-0.3, -0.25) is 0 Å². The van der Waals surface area contributed by atoms with Gasteiger partial charge in [-0.05, 0) is 38.1 Å². The van der Waals surface area contributed by atoms with E-state index >= 15 is 0 Å². The van der Waals surface area contributed by atoms with Gasteiger partial charge >= 0.3 is 0 Å².